The van der Waals surface area contributed by atoms with Gasteiger partial charge in [0.05, 0.1) is 13.2 Å². The topological polar surface area (TPSA) is 144 Å². The molecule has 1 aromatic carbocycles. The van der Waals surface area contributed by atoms with Gasteiger partial charge in [-0.1, -0.05) is 45.9 Å². The number of aliphatic hydroxyl groups excluding tert-OH is 4. The number of carbonyl (C=O) groups excluding carboxylic acids is 1. The molecule has 5 atom stereocenters. The van der Waals surface area contributed by atoms with Crippen LogP contribution < -0.4 is 4.74 Å². The summed E-state index contributed by atoms with van der Waals surface area (Å²) in [6, 6.07) is 5.83. The molecule has 3 rings (SSSR count). The maximum absolute atomic E-state index is 12.8. The Morgan fingerprint density at radius 1 is 1.00 bits per heavy atom. The van der Waals surface area contributed by atoms with Crippen molar-refractivity contribution in [3.05, 3.63) is 29.3 Å². The summed E-state index contributed by atoms with van der Waals surface area (Å²) < 4.78 is 28.0. The SMILES string of the molecule is CC(C)c1cccc(C(C)C)c1OC(=O)OCC1(CO[C@@H]2O[C@H](CO)[C@@H](O)[C@H](O)[C@H]2O)CCOCC1. The number of carbonyl (C=O) groups is 1. The fourth-order valence-electron chi connectivity index (χ4n) is 4.52. The van der Waals surface area contributed by atoms with Crippen LogP contribution in [0.4, 0.5) is 4.79 Å². The molecule has 0 amide bonds. The maximum atomic E-state index is 12.8. The highest BCUT2D eigenvalue weighted by Crippen LogP contribution is 2.36. The first-order valence-corrected chi connectivity index (χ1v) is 12.6. The van der Waals surface area contributed by atoms with Crippen LogP contribution >= 0.6 is 0 Å². The van der Waals surface area contributed by atoms with Gasteiger partial charge in [-0.3, -0.25) is 0 Å². The van der Waals surface area contributed by atoms with Gasteiger partial charge in [0.15, 0.2) is 6.29 Å². The Morgan fingerprint density at radius 3 is 2.17 bits per heavy atom. The van der Waals surface area contributed by atoms with Gasteiger partial charge in [0, 0.05) is 18.6 Å². The molecule has 36 heavy (non-hydrogen) atoms. The van der Waals surface area contributed by atoms with E-state index in [4.69, 9.17) is 23.7 Å². The molecule has 10 heteroatoms. The van der Waals surface area contributed by atoms with Gasteiger partial charge in [0.1, 0.15) is 36.8 Å². The number of ether oxygens (including phenoxy) is 5. The van der Waals surface area contributed by atoms with Crippen LogP contribution in [0.3, 0.4) is 0 Å². The molecule has 10 nitrogen and oxygen atoms in total. The molecule has 0 radical (unpaired) electrons. The molecule has 2 aliphatic heterocycles. The molecular formula is C26H40O10. The first kappa shape index (κ1) is 28.8. The average Bonchev–Trinajstić information content (AvgIpc) is 2.86. The van der Waals surface area contributed by atoms with Gasteiger partial charge in [0.2, 0.25) is 0 Å². The van der Waals surface area contributed by atoms with Crippen molar-refractivity contribution >= 4 is 6.16 Å². The number of benzene rings is 1. The van der Waals surface area contributed by atoms with Crippen molar-refractivity contribution in [1.29, 1.82) is 0 Å². The van der Waals surface area contributed by atoms with Crippen LogP contribution in [0.25, 0.3) is 0 Å². The second-order valence-corrected chi connectivity index (χ2v) is 10.3. The fraction of sp³-hybridized carbons (Fsp3) is 0.731. The van der Waals surface area contributed by atoms with Crippen LogP contribution in [0, 0.1) is 5.41 Å². The van der Waals surface area contributed by atoms with E-state index in [-0.39, 0.29) is 25.0 Å². The van der Waals surface area contributed by atoms with Crippen molar-refractivity contribution < 1.29 is 48.9 Å². The molecule has 204 valence electrons. The molecule has 0 aromatic heterocycles. The predicted octanol–water partition coefficient (Wildman–Crippen LogP) is 2.06. The first-order valence-electron chi connectivity index (χ1n) is 12.6. The molecule has 0 aliphatic carbocycles. The summed E-state index contributed by atoms with van der Waals surface area (Å²) in [6.45, 7) is 8.48. The van der Waals surface area contributed by atoms with Gasteiger partial charge in [-0.25, -0.2) is 4.79 Å². The van der Waals surface area contributed by atoms with E-state index >= 15 is 0 Å². The van der Waals surface area contributed by atoms with E-state index in [0.717, 1.165) is 11.1 Å². The van der Waals surface area contributed by atoms with Crippen LogP contribution in [-0.2, 0) is 18.9 Å². The van der Waals surface area contributed by atoms with Gasteiger partial charge in [-0.15, -0.1) is 0 Å². The molecule has 1 aromatic rings. The molecule has 0 saturated carbocycles. The van der Waals surface area contributed by atoms with E-state index in [1.165, 1.54) is 0 Å². The maximum Gasteiger partial charge on any atom is 0.513 e. The van der Waals surface area contributed by atoms with E-state index in [2.05, 4.69) is 0 Å². The molecule has 2 aliphatic rings. The Morgan fingerprint density at radius 2 is 1.61 bits per heavy atom. The van der Waals surface area contributed by atoms with Crippen LogP contribution in [0.5, 0.6) is 5.75 Å². The van der Waals surface area contributed by atoms with Crippen molar-refractivity contribution in [3.8, 4) is 5.75 Å². The molecule has 0 bridgehead atoms. The summed E-state index contributed by atoms with van der Waals surface area (Å²) >= 11 is 0. The summed E-state index contributed by atoms with van der Waals surface area (Å²) in [7, 11) is 0. The van der Waals surface area contributed by atoms with Crippen LogP contribution in [0.1, 0.15) is 63.5 Å². The smallest absolute Gasteiger partial charge is 0.433 e. The number of hydrogen-bond donors (Lipinski definition) is 4. The van der Waals surface area contributed by atoms with Crippen LogP contribution in [0.2, 0.25) is 0 Å². The second-order valence-electron chi connectivity index (χ2n) is 10.3. The van der Waals surface area contributed by atoms with Crippen LogP contribution in [0.15, 0.2) is 18.2 Å². The zero-order valence-corrected chi connectivity index (χ0v) is 21.5. The van der Waals surface area contributed by atoms with Gasteiger partial charge in [0.25, 0.3) is 0 Å². The lowest BCUT2D eigenvalue weighted by molar-refractivity contribution is -0.308. The number of para-hydroxylation sites is 1. The van der Waals surface area contributed by atoms with Crippen molar-refractivity contribution in [2.24, 2.45) is 5.41 Å². The highest BCUT2D eigenvalue weighted by molar-refractivity contribution is 5.66. The minimum Gasteiger partial charge on any atom is -0.433 e. The van der Waals surface area contributed by atoms with E-state index in [1.807, 2.05) is 45.9 Å². The van der Waals surface area contributed by atoms with Crippen molar-refractivity contribution in [2.75, 3.05) is 33.0 Å². The Hall–Kier alpha value is -1.79. The zero-order valence-electron chi connectivity index (χ0n) is 21.5. The lowest BCUT2D eigenvalue weighted by atomic mass is 9.82. The highest BCUT2D eigenvalue weighted by atomic mass is 16.7. The standard InChI is InChI=1S/C26H40O10/c1-15(2)17-6-5-7-18(16(3)4)23(17)36-25(31)34-14-26(8-10-32-11-9-26)13-33-24-22(30)21(29)20(28)19(12-27)35-24/h5-7,15-16,19-22,24,27-30H,8-14H2,1-4H3/t19-,20-,21+,22-,24-/m1/s1. The Balaban J connectivity index is 1.67. The third-order valence-electron chi connectivity index (χ3n) is 6.96. The lowest BCUT2D eigenvalue weighted by Gasteiger charge is -2.42. The van der Waals surface area contributed by atoms with Crippen molar-refractivity contribution in [2.45, 2.75) is 83.1 Å². The van der Waals surface area contributed by atoms with Gasteiger partial charge >= 0.3 is 6.16 Å². The monoisotopic (exact) mass is 512 g/mol. The van der Waals surface area contributed by atoms with Gasteiger partial charge in [-0.05, 0) is 35.8 Å². The van der Waals surface area contributed by atoms with Crippen molar-refractivity contribution in [3.63, 3.8) is 0 Å². The van der Waals surface area contributed by atoms with Crippen molar-refractivity contribution in [1.82, 2.24) is 0 Å². The van der Waals surface area contributed by atoms with Crippen LogP contribution in [-0.4, -0.2) is 90.3 Å². The Kier molecular flexibility index (Phi) is 10.1. The summed E-state index contributed by atoms with van der Waals surface area (Å²) in [5.74, 6) is 0.826. The number of hydrogen-bond acceptors (Lipinski definition) is 10. The summed E-state index contributed by atoms with van der Waals surface area (Å²) in [5, 5.41) is 39.7. The molecule has 0 spiro atoms. The normalized spacial score (nSPS) is 28.3. The Labute approximate surface area is 212 Å². The minimum atomic E-state index is -1.53. The number of aliphatic hydroxyl groups is 4. The molecule has 2 saturated heterocycles. The third kappa shape index (κ3) is 6.74. The van der Waals surface area contributed by atoms with E-state index < -0.39 is 48.9 Å². The molecule has 2 heterocycles. The van der Waals surface area contributed by atoms with E-state index in [0.29, 0.717) is 31.8 Å². The first-order chi connectivity index (χ1) is 17.1. The quantitative estimate of drug-likeness (QED) is 0.287. The average molecular weight is 513 g/mol. The molecule has 4 N–H and O–H groups in total. The largest absolute Gasteiger partial charge is 0.513 e. The summed E-state index contributed by atoms with van der Waals surface area (Å²) in [4.78, 5) is 12.8. The number of rotatable bonds is 9. The molecular weight excluding hydrogens is 472 g/mol. The van der Waals surface area contributed by atoms with E-state index in [9.17, 15) is 25.2 Å². The predicted molar refractivity (Wildman–Crippen MR) is 129 cm³/mol. The molecule has 2 fully saturated rings. The summed E-state index contributed by atoms with van der Waals surface area (Å²) in [6.07, 6.45) is -6.61. The minimum absolute atomic E-state index is 0.00648. The lowest BCUT2D eigenvalue weighted by Crippen LogP contribution is -2.59. The molecule has 0 unspecified atom stereocenters. The van der Waals surface area contributed by atoms with Gasteiger partial charge < -0.3 is 44.1 Å². The zero-order chi connectivity index (χ0) is 26.5. The fourth-order valence-corrected chi connectivity index (χ4v) is 4.52. The Bertz CT molecular complexity index is 823. The second kappa shape index (κ2) is 12.6. The highest BCUT2D eigenvalue weighted by Gasteiger charge is 2.45. The van der Waals surface area contributed by atoms with E-state index in [1.54, 1.807) is 0 Å². The third-order valence-corrected chi connectivity index (χ3v) is 6.96. The summed E-state index contributed by atoms with van der Waals surface area (Å²) in [5.41, 5.74) is 1.21. The van der Waals surface area contributed by atoms with Gasteiger partial charge in [-0.2, -0.15) is 0 Å².